The van der Waals surface area contributed by atoms with Crippen LogP contribution in [0.1, 0.15) is 0 Å². The summed E-state index contributed by atoms with van der Waals surface area (Å²) in [4.78, 5) is 19.8. The third-order valence-electron chi connectivity index (χ3n) is 10.4. The number of hydrogen-bond acceptors (Lipinski definition) is 5. The molecule has 11 aromatic rings. The van der Waals surface area contributed by atoms with Gasteiger partial charge in [0.1, 0.15) is 5.58 Å². The number of fused-ring (bicyclic) bond motifs is 7. The maximum absolute atomic E-state index is 6.24. The Morgan fingerprint density at radius 3 is 1.81 bits per heavy atom. The molecule has 0 aliphatic heterocycles. The molecule has 252 valence electrons. The van der Waals surface area contributed by atoms with Gasteiger partial charge in [0.25, 0.3) is 0 Å². The number of hydrogen-bond donors (Lipinski definition) is 0. The lowest BCUT2D eigenvalue weighted by Crippen LogP contribution is -2.03. The van der Waals surface area contributed by atoms with Gasteiger partial charge in [0.15, 0.2) is 23.1 Å². The molecule has 4 heterocycles. The third-order valence-corrected chi connectivity index (χ3v) is 10.4. The Hall–Kier alpha value is -7.44. The van der Waals surface area contributed by atoms with Gasteiger partial charge in [0.05, 0.1) is 22.9 Å². The second kappa shape index (κ2) is 12.1. The first-order valence-electron chi connectivity index (χ1n) is 18.0. The van der Waals surface area contributed by atoms with Gasteiger partial charge in [-0.05, 0) is 64.4 Å². The van der Waals surface area contributed by atoms with Gasteiger partial charge >= 0.3 is 0 Å². The van der Waals surface area contributed by atoms with Crippen LogP contribution in [0.2, 0.25) is 0 Å². The summed E-state index contributed by atoms with van der Waals surface area (Å²) in [7, 11) is 0. The van der Waals surface area contributed by atoms with E-state index in [2.05, 4.69) is 155 Å². The molecule has 6 heteroatoms. The quantitative estimate of drug-likeness (QED) is 0.180. The van der Waals surface area contributed by atoms with E-state index in [1.54, 1.807) is 12.4 Å². The first-order chi connectivity index (χ1) is 26.8. The molecule has 0 bridgehead atoms. The first kappa shape index (κ1) is 30.2. The largest absolute Gasteiger partial charge is 0.454 e. The minimum Gasteiger partial charge on any atom is -0.454 e. The number of rotatable bonds is 5. The summed E-state index contributed by atoms with van der Waals surface area (Å²) in [6.45, 7) is 0. The van der Waals surface area contributed by atoms with Crippen LogP contribution in [0.15, 0.2) is 181 Å². The van der Waals surface area contributed by atoms with Gasteiger partial charge < -0.3 is 8.98 Å². The number of para-hydroxylation sites is 3. The molecule has 0 amide bonds. The van der Waals surface area contributed by atoms with Crippen molar-refractivity contribution in [1.82, 2.24) is 24.5 Å². The minimum absolute atomic E-state index is 0.561. The zero-order valence-corrected chi connectivity index (χ0v) is 28.9. The van der Waals surface area contributed by atoms with E-state index >= 15 is 0 Å². The Bertz CT molecular complexity index is 3170. The molecule has 0 N–H and O–H groups in total. The monoisotopic (exact) mass is 691 g/mol. The molecule has 54 heavy (non-hydrogen) atoms. The normalized spacial score (nSPS) is 11.7. The summed E-state index contributed by atoms with van der Waals surface area (Å²) in [6.07, 6.45) is 3.54. The standard InChI is InChI=1S/C48H29N5O/c1-2-12-34-30(10-1)11-9-16-35(34)31-20-22-32(23-21-31)46-50-47(33-24-25-38-39-26-27-49-29-45(39)54-44(38)28-33)52-48(51-46)40-15-5-8-19-43(40)53-41-17-6-3-13-36(41)37-14-4-7-18-42(37)53/h1-29H. The average Bonchev–Trinajstić information content (AvgIpc) is 3.79. The summed E-state index contributed by atoms with van der Waals surface area (Å²) in [5.41, 5.74) is 9.68. The van der Waals surface area contributed by atoms with Crippen molar-refractivity contribution in [3.8, 4) is 51.0 Å². The molecule has 0 aliphatic rings. The highest BCUT2D eigenvalue weighted by atomic mass is 16.3. The van der Waals surface area contributed by atoms with Crippen LogP contribution in [-0.4, -0.2) is 24.5 Å². The highest BCUT2D eigenvalue weighted by molar-refractivity contribution is 6.10. The molecule has 0 fully saturated rings. The summed E-state index contributed by atoms with van der Waals surface area (Å²) >= 11 is 0. The smallest absolute Gasteiger partial charge is 0.166 e. The number of aromatic nitrogens is 5. The van der Waals surface area contributed by atoms with E-state index in [1.807, 2.05) is 18.2 Å². The van der Waals surface area contributed by atoms with E-state index in [4.69, 9.17) is 19.4 Å². The molecule has 0 saturated carbocycles. The average molecular weight is 692 g/mol. The van der Waals surface area contributed by atoms with Crippen LogP contribution < -0.4 is 0 Å². The molecule has 0 spiro atoms. The minimum atomic E-state index is 0.561. The number of pyridine rings is 1. The Morgan fingerprint density at radius 2 is 1.00 bits per heavy atom. The van der Waals surface area contributed by atoms with Gasteiger partial charge in [0, 0.05) is 44.4 Å². The van der Waals surface area contributed by atoms with E-state index in [9.17, 15) is 0 Å². The fraction of sp³-hybridized carbons (Fsp3) is 0. The molecule has 11 rings (SSSR count). The predicted octanol–water partition coefficient (Wildman–Crippen LogP) is 12.1. The van der Waals surface area contributed by atoms with Crippen molar-refractivity contribution in [3.63, 3.8) is 0 Å². The van der Waals surface area contributed by atoms with Gasteiger partial charge in [-0.25, -0.2) is 15.0 Å². The molecular formula is C48H29N5O. The number of nitrogens with zero attached hydrogens (tertiary/aromatic N) is 5. The maximum atomic E-state index is 6.24. The van der Waals surface area contributed by atoms with Crippen molar-refractivity contribution in [3.05, 3.63) is 176 Å². The molecule has 6 nitrogen and oxygen atoms in total. The van der Waals surface area contributed by atoms with Crippen LogP contribution in [0, 0.1) is 0 Å². The van der Waals surface area contributed by atoms with Crippen LogP contribution in [-0.2, 0) is 0 Å². The van der Waals surface area contributed by atoms with Crippen molar-refractivity contribution < 1.29 is 4.42 Å². The molecule has 0 saturated heterocycles. The topological polar surface area (TPSA) is 69.6 Å². The summed E-state index contributed by atoms with van der Waals surface area (Å²) in [5, 5.41) is 6.86. The molecule has 0 unspecified atom stereocenters. The Morgan fingerprint density at radius 1 is 0.407 bits per heavy atom. The number of furan rings is 1. The second-order valence-corrected chi connectivity index (χ2v) is 13.5. The fourth-order valence-electron chi connectivity index (χ4n) is 7.84. The van der Waals surface area contributed by atoms with Crippen molar-refractivity contribution in [1.29, 1.82) is 0 Å². The third kappa shape index (κ3) is 4.81. The predicted molar refractivity (Wildman–Crippen MR) is 218 cm³/mol. The van der Waals surface area contributed by atoms with Crippen LogP contribution in [0.3, 0.4) is 0 Å². The molecule has 0 aliphatic carbocycles. The Kier molecular flexibility index (Phi) is 6.75. The summed E-state index contributed by atoms with van der Waals surface area (Å²) in [6, 6.07) is 57.0. The van der Waals surface area contributed by atoms with Crippen molar-refractivity contribution >= 4 is 54.5 Å². The molecule has 0 radical (unpaired) electrons. The fourth-order valence-corrected chi connectivity index (χ4v) is 7.84. The summed E-state index contributed by atoms with van der Waals surface area (Å²) in [5.74, 6) is 1.73. The van der Waals surface area contributed by atoms with Crippen molar-refractivity contribution in [2.45, 2.75) is 0 Å². The molecule has 4 aromatic heterocycles. The highest BCUT2D eigenvalue weighted by Crippen LogP contribution is 2.37. The summed E-state index contributed by atoms with van der Waals surface area (Å²) < 4.78 is 8.56. The van der Waals surface area contributed by atoms with E-state index < -0.39 is 0 Å². The van der Waals surface area contributed by atoms with E-state index in [1.165, 1.54) is 27.1 Å². The lowest BCUT2D eigenvalue weighted by molar-refractivity contribution is 0.667. The van der Waals surface area contributed by atoms with E-state index in [0.29, 0.717) is 17.5 Å². The molecule has 0 atom stereocenters. The van der Waals surface area contributed by atoms with E-state index in [-0.39, 0.29) is 0 Å². The highest BCUT2D eigenvalue weighted by Gasteiger charge is 2.20. The van der Waals surface area contributed by atoms with Gasteiger partial charge in [-0.2, -0.15) is 0 Å². The lowest BCUT2D eigenvalue weighted by Gasteiger charge is -2.14. The van der Waals surface area contributed by atoms with Crippen molar-refractivity contribution in [2.24, 2.45) is 0 Å². The first-order valence-corrected chi connectivity index (χ1v) is 18.0. The van der Waals surface area contributed by atoms with Crippen LogP contribution in [0.5, 0.6) is 0 Å². The van der Waals surface area contributed by atoms with Gasteiger partial charge in [-0.3, -0.25) is 4.98 Å². The van der Waals surface area contributed by atoms with Gasteiger partial charge in [-0.1, -0.05) is 121 Å². The van der Waals surface area contributed by atoms with Gasteiger partial charge in [-0.15, -0.1) is 0 Å². The molecular weight excluding hydrogens is 663 g/mol. The van der Waals surface area contributed by atoms with Crippen LogP contribution in [0.4, 0.5) is 0 Å². The van der Waals surface area contributed by atoms with Gasteiger partial charge in [0.2, 0.25) is 0 Å². The number of benzene rings is 7. The van der Waals surface area contributed by atoms with Crippen LogP contribution >= 0.6 is 0 Å². The molecule has 7 aromatic carbocycles. The Balaban J connectivity index is 1.11. The lowest BCUT2D eigenvalue weighted by atomic mass is 9.97. The van der Waals surface area contributed by atoms with Crippen molar-refractivity contribution in [2.75, 3.05) is 0 Å². The van der Waals surface area contributed by atoms with Crippen LogP contribution in [0.25, 0.3) is 105 Å². The zero-order valence-electron chi connectivity index (χ0n) is 28.9. The Labute approximate surface area is 309 Å². The van der Waals surface area contributed by atoms with E-state index in [0.717, 1.165) is 60.9 Å². The SMILES string of the molecule is c1ccc(-n2c3ccccc3c3ccccc32)c(-c2nc(-c3ccc(-c4cccc5ccccc45)cc3)nc(-c3ccc4c(c3)oc3cnccc34)n2)c1. The second-order valence-electron chi connectivity index (χ2n) is 13.5. The zero-order chi connectivity index (χ0) is 35.6. The maximum Gasteiger partial charge on any atom is 0.166 e.